The van der Waals surface area contributed by atoms with E-state index in [2.05, 4.69) is 116 Å². The number of ether oxygens (including phenoxy) is 2. The van der Waals surface area contributed by atoms with Gasteiger partial charge in [-0.3, -0.25) is 75.1 Å². The SMILES string of the molecule is CC[N+](CC)(CC)CCC[n+]1ccc(/C=C/c2ccc3cc(N(C)CCCCCCCCCCCCCC(=O)CCCCCCCCCCCNC(=O)COCCOCCCC(=O)CCc4c([N+](=O)[O-])cc([N+](=O)[O-])c(Nc5c([N+](=O)[O-])cc([N+](=O)[O-])cc5[N+](=O)[O-])c4[N+](=O)[O-])ccc3c2)cc1. The number of pyridine rings is 1. The number of unbranched alkanes of at least 4 members (excludes halogenated alkanes) is 18. The number of aryl methyl sites for hydroxylation is 1. The van der Waals surface area contributed by atoms with Crippen LogP contribution in [0.3, 0.4) is 0 Å². The fourth-order valence-electron chi connectivity index (χ4n) is 12.7. The molecule has 0 atom stereocenters. The molecule has 0 radical (unpaired) electrons. The molecule has 2 N–H and O–H groups in total. The summed E-state index contributed by atoms with van der Waals surface area (Å²) in [4.78, 5) is 104. The van der Waals surface area contributed by atoms with E-state index < -0.39 is 99.2 Å². The first kappa shape index (κ1) is 83.4. The molecule has 556 valence electrons. The lowest BCUT2D eigenvalue weighted by Crippen LogP contribution is -2.49. The number of hydrogen-bond acceptors (Lipinski definition) is 19. The standard InChI is InChI=1S/C74H104N11O17/c1-5-85(6-2,7-3)48-29-45-78-46-41-58(42-47-78)33-34-59-35-36-61-53-62(38-37-60(61)52-59)77(4)44-27-23-19-15-10-8-9-12-16-20-24-30-64(86)31-25-21-17-13-11-14-18-22-26-43-75-71(88)57-102-51-50-101-49-28-32-65(87)39-40-66-67(80(91)92)56-70(83(97)98)73(74(66)84(99)100)76-72-68(81(93)94)54-63(79(89)90)55-69(72)82(95)96/h33-38,41-42,46-47,52-56,76H,5-32,39-40,43-45,48-51,57H2,1-4H3/q+1/p+1. The fraction of sp³-hybridized carbons (Fsp3) is 0.568. The Morgan fingerprint density at radius 3 is 1.53 bits per heavy atom. The summed E-state index contributed by atoms with van der Waals surface area (Å²) in [6, 6.07) is 18.8. The first-order chi connectivity index (χ1) is 49.1. The molecule has 28 heteroatoms. The Morgan fingerprint density at radius 1 is 0.490 bits per heavy atom. The van der Waals surface area contributed by atoms with E-state index in [9.17, 15) is 75.1 Å². The number of carbonyl (C=O) groups excluding carboxylic acids is 3. The molecule has 0 unspecified atom stereocenters. The number of benzene rings is 4. The van der Waals surface area contributed by atoms with Crippen LogP contribution < -0.4 is 20.1 Å². The summed E-state index contributed by atoms with van der Waals surface area (Å²) < 4.78 is 14.3. The van der Waals surface area contributed by atoms with Crippen LogP contribution in [0.25, 0.3) is 22.9 Å². The Hall–Kier alpha value is -9.28. The van der Waals surface area contributed by atoms with E-state index in [1.54, 1.807) is 0 Å². The maximum absolute atomic E-state index is 12.8. The van der Waals surface area contributed by atoms with Gasteiger partial charge in [-0.15, -0.1) is 0 Å². The minimum absolute atomic E-state index is 0.0506. The number of carbonyl (C=O) groups is 3. The largest absolute Gasteiger partial charge is 0.379 e. The Bertz CT molecular complexity index is 3560. The van der Waals surface area contributed by atoms with E-state index in [4.69, 9.17) is 9.47 Å². The molecule has 0 bridgehead atoms. The van der Waals surface area contributed by atoms with Gasteiger partial charge in [-0.1, -0.05) is 133 Å². The average molecular weight is 1420 g/mol. The highest BCUT2D eigenvalue weighted by Gasteiger charge is 2.40. The van der Waals surface area contributed by atoms with Crippen LogP contribution in [0, 0.1) is 60.7 Å². The van der Waals surface area contributed by atoms with E-state index in [1.807, 2.05) is 5.32 Å². The molecular weight excluding hydrogens is 1310 g/mol. The van der Waals surface area contributed by atoms with Crippen molar-refractivity contribution in [1.82, 2.24) is 5.32 Å². The zero-order valence-electron chi connectivity index (χ0n) is 60.0. The summed E-state index contributed by atoms with van der Waals surface area (Å²) in [6.45, 7) is 14.4. The molecule has 0 aliphatic carbocycles. The number of amides is 1. The van der Waals surface area contributed by atoms with Crippen LogP contribution in [0.1, 0.15) is 204 Å². The number of rotatable bonds is 56. The van der Waals surface area contributed by atoms with E-state index >= 15 is 0 Å². The predicted octanol–water partition coefficient (Wildman–Crippen LogP) is 16.5. The molecule has 0 saturated heterocycles. The number of nitrogens with one attached hydrogen (secondary N) is 2. The quantitative estimate of drug-likeness (QED) is 0.0120. The van der Waals surface area contributed by atoms with E-state index in [1.165, 1.54) is 122 Å². The topological polar surface area (TPSA) is 360 Å². The van der Waals surface area contributed by atoms with E-state index in [-0.39, 0.29) is 63.4 Å². The molecule has 1 amide bonds. The minimum atomic E-state index is -1.39. The lowest BCUT2D eigenvalue weighted by Gasteiger charge is -2.35. The van der Waals surface area contributed by atoms with Gasteiger partial charge in [0, 0.05) is 70.2 Å². The number of anilines is 3. The third kappa shape index (κ3) is 29.0. The van der Waals surface area contributed by atoms with Crippen molar-refractivity contribution < 1.29 is 62.4 Å². The molecule has 0 aliphatic heterocycles. The third-order valence-corrected chi connectivity index (χ3v) is 19.0. The number of aromatic nitrogens is 1. The molecule has 28 nitrogen and oxygen atoms in total. The van der Waals surface area contributed by atoms with Crippen molar-refractivity contribution >= 4 is 91.6 Å². The number of non-ortho nitro benzene ring substituents is 1. The molecule has 1 aromatic heterocycles. The summed E-state index contributed by atoms with van der Waals surface area (Å²) in [6.07, 6.45) is 33.1. The van der Waals surface area contributed by atoms with Gasteiger partial charge in [0.15, 0.2) is 30.3 Å². The zero-order valence-corrected chi connectivity index (χ0v) is 60.0. The van der Waals surface area contributed by atoms with Gasteiger partial charge < -0.3 is 29.5 Å². The van der Waals surface area contributed by atoms with Gasteiger partial charge in [0.1, 0.15) is 23.7 Å². The fourth-order valence-corrected chi connectivity index (χ4v) is 12.7. The van der Waals surface area contributed by atoms with Crippen LogP contribution >= 0.6 is 0 Å². The lowest BCUT2D eigenvalue weighted by molar-refractivity contribution is -0.925. The maximum Gasteiger partial charge on any atom is 0.309 e. The molecule has 1 heterocycles. The van der Waals surface area contributed by atoms with Crippen molar-refractivity contribution in [2.24, 2.45) is 0 Å². The van der Waals surface area contributed by atoms with E-state index in [0.717, 1.165) is 83.7 Å². The van der Waals surface area contributed by atoms with Crippen molar-refractivity contribution in [3.8, 4) is 0 Å². The van der Waals surface area contributed by atoms with E-state index in [0.29, 0.717) is 25.2 Å². The first-order valence-electron chi connectivity index (χ1n) is 36.3. The average Bonchev–Trinajstić information content (AvgIpc) is 0.760. The number of ketones is 2. The molecule has 5 rings (SSSR count). The number of nitrogens with zero attached hydrogens (tertiary/aromatic N) is 9. The Balaban J connectivity index is 0.793. The van der Waals surface area contributed by atoms with Crippen LogP contribution in [-0.4, -0.2) is 124 Å². The number of nitro groups is 6. The lowest BCUT2D eigenvalue weighted by atomic mass is 9.99. The molecule has 0 fully saturated rings. The van der Waals surface area contributed by atoms with Crippen molar-refractivity contribution in [3.05, 3.63) is 156 Å². The van der Waals surface area contributed by atoms with Gasteiger partial charge in [0.25, 0.3) is 11.4 Å². The number of quaternary nitrogens is 1. The Labute approximate surface area is 597 Å². The zero-order chi connectivity index (χ0) is 74.2. The summed E-state index contributed by atoms with van der Waals surface area (Å²) in [5, 5.41) is 78.9. The second-order valence-electron chi connectivity index (χ2n) is 26.2. The van der Waals surface area contributed by atoms with Gasteiger partial charge in [0.05, 0.1) is 93.6 Å². The predicted molar refractivity (Wildman–Crippen MR) is 394 cm³/mol. The van der Waals surface area contributed by atoms with Crippen LogP contribution in [0.2, 0.25) is 0 Å². The summed E-state index contributed by atoms with van der Waals surface area (Å²) >= 11 is 0. The normalized spacial score (nSPS) is 11.5. The summed E-state index contributed by atoms with van der Waals surface area (Å²) in [7, 11) is 2.21. The van der Waals surface area contributed by atoms with Crippen molar-refractivity contribution in [2.75, 3.05) is 83.0 Å². The highest BCUT2D eigenvalue weighted by atomic mass is 16.7. The minimum Gasteiger partial charge on any atom is -0.379 e. The Kier molecular flexibility index (Phi) is 37.2. The summed E-state index contributed by atoms with van der Waals surface area (Å²) in [5.41, 5.74) is -7.43. The summed E-state index contributed by atoms with van der Waals surface area (Å²) in [5.74, 6) is -0.436. The van der Waals surface area contributed by atoms with Crippen molar-refractivity contribution in [1.29, 1.82) is 0 Å². The van der Waals surface area contributed by atoms with Crippen LogP contribution in [0.5, 0.6) is 0 Å². The van der Waals surface area contributed by atoms with Crippen LogP contribution in [-0.2, 0) is 36.8 Å². The third-order valence-electron chi connectivity index (χ3n) is 19.0. The number of fused-ring (bicyclic) bond motifs is 1. The monoisotopic (exact) mass is 1420 g/mol. The maximum atomic E-state index is 12.8. The molecule has 102 heavy (non-hydrogen) atoms. The molecule has 5 aromatic rings. The van der Waals surface area contributed by atoms with Gasteiger partial charge in [-0.25, -0.2) is 4.57 Å². The first-order valence-corrected chi connectivity index (χ1v) is 36.3. The second-order valence-corrected chi connectivity index (χ2v) is 26.2. The second kappa shape index (κ2) is 45.6. The van der Waals surface area contributed by atoms with Crippen molar-refractivity contribution in [3.63, 3.8) is 0 Å². The molecule has 0 saturated carbocycles. The smallest absolute Gasteiger partial charge is 0.309 e. The van der Waals surface area contributed by atoms with Gasteiger partial charge >= 0.3 is 22.7 Å². The van der Waals surface area contributed by atoms with Crippen LogP contribution in [0.4, 0.5) is 51.2 Å². The molecule has 0 spiro atoms. The van der Waals surface area contributed by atoms with Gasteiger partial charge in [-0.05, 0) is 99.4 Å². The highest BCUT2D eigenvalue weighted by molar-refractivity contribution is 5.91. The number of hydrogen-bond donors (Lipinski definition) is 2. The molecule has 4 aromatic carbocycles. The van der Waals surface area contributed by atoms with Crippen LogP contribution in [0.15, 0.2) is 79.1 Å². The molecule has 0 aliphatic rings. The number of nitro benzene ring substituents is 6. The van der Waals surface area contributed by atoms with Gasteiger partial charge in [0.2, 0.25) is 5.91 Å². The van der Waals surface area contributed by atoms with Gasteiger partial charge in [-0.2, -0.15) is 0 Å². The number of Topliss-reactive ketones (excluding diaryl/α,β-unsaturated/α-hetero) is 2. The molecular formula is C74H105N11O17+2. The Morgan fingerprint density at radius 2 is 0.980 bits per heavy atom. The highest BCUT2D eigenvalue weighted by Crippen LogP contribution is 2.48. The van der Waals surface area contributed by atoms with Crippen molar-refractivity contribution in [2.45, 2.75) is 201 Å².